The lowest BCUT2D eigenvalue weighted by Crippen LogP contribution is -2.58. The summed E-state index contributed by atoms with van der Waals surface area (Å²) in [6.45, 7) is 6.44. The molecule has 4 rings (SSSR count). The molecule has 1 aromatic rings. The molecule has 0 aromatic heterocycles. The Bertz CT molecular complexity index is 701. The molecule has 5 heteroatoms. The number of rotatable bonds is 2. The Morgan fingerprint density at radius 2 is 1.96 bits per heavy atom. The second-order valence-corrected chi connectivity index (χ2v) is 7.98. The van der Waals surface area contributed by atoms with Crippen molar-refractivity contribution >= 4 is 12.0 Å². The van der Waals surface area contributed by atoms with Crippen molar-refractivity contribution in [2.45, 2.75) is 51.0 Å². The fraction of sp³-hybridized carbons (Fsp3) is 0.600. The van der Waals surface area contributed by atoms with E-state index < -0.39 is 0 Å². The summed E-state index contributed by atoms with van der Waals surface area (Å²) in [4.78, 5) is 26.0. The van der Waals surface area contributed by atoms with E-state index in [0.717, 1.165) is 25.9 Å². The molecular weight excluding hydrogens is 316 g/mol. The topological polar surface area (TPSA) is 58.6 Å². The van der Waals surface area contributed by atoms with Gasteiger partial charge in [0, 0.05) is 19.0 Å². The number of carbonyl (C=O) groups is 2. The fourth-order valence-corrected chi connectivity index (χ4v) is 4.66. The Morgan fingerprint density at radius 1 is 1.24 bits per heavy atom. The van der Waals surface area contributed by atoms with Crippen molar-refractivity contribution in [1.29, 1.82) is 0 Å². The average Bonchev–Trinajstić information content (AvgIpc) is 2.98. The summed E-state index contributed by atoms with van der Waals surface area (Å²) in [5, 5.41) is 2.86. The molecule has 1 aliphatic carbocycles. The Kier molecular flexibility index (Phi) is 3.97. The zero-order valence-corrected chi connectivity index (χ0v) is 15.0. The molecule has 0 bridgehead atoms. The molecule has 2 amide bonds. The van der Waals surface area contributed by atoms with Crippen LogP contribution in [0, 0.1) is 19.8 Å². The van der Waals surface area contributed by atoms with E-state index >= 15 is 0 Å². The standard InChI is InChI=1S/C20H26N2O3/c1-13-4-3-5-17(14(13)2)15-6-8-22(9-7-15)18(23)16-10-20(11-16)12-25-19(24)21-20/h3-5,15-16H,6-12H2,1-2H3,(H,21,24)/t16-,20+. The summed E-state index contributed by atoms with van der Waals surface area (Å²) >= 11 is 0. The number of carbonyl (C=O) groups excluding carboxylic acids is 2. The van der Waals surface area contributed by atoms with Gasteiger partial charge in [0.2, 0.25) is 5.91 Å². The number of hydrogen-bond acceptors (Lipinski definition) is 3. The van der Waals surface area contributed by atoms with Gasteiger partial charge in [-0.05, 0) is 62.1 Å². The number of ether oxygens (including phenoxy) is 1. The average molecular weight is 342 g/mol. The molecule has 1 N–H and O–H groups in total. The molecule has 5 nitrogen and oxygen atoms in total. The van der Waals surface area contributed by atoms with E-state index in [9.17, 15) is 9.59 Å². The predicted octanol–water partition coefficient (Wildman–Crippen LogP) is 2.90. The number of nitrogens with one attached hydrogen (secondary N) is 1. The van der Waals surface area contributed by atoms with Gasteiger partial charge in [-0.25, -0.2) is 4.79 Å². The smallest absolute Gasteiger partial charge is 0.407 e. The molecule has 0 atom stereocenters. The van der Waals surface area contributed by atoms with Crippen LogP contribution < -0.4 is 5.32 Å². The lowest BCUT2D eigenvalue weighted by Gasteiger charge is -2.45. The first-order valence-electron chi connectivity index (χ1n) is 9.27. The van der Waals surface area contributed by atoms with Crippen LogP contribution in [-0.4, -0.2) is 42.1 Å². The van der Waals surface area contributed by atoms with Gasteiger partial charge in [0.05, 0.1) is 5.54 Å². The number of nitrogens with zero attached hydrogens (tertiary/aromatic N) is 1. The molecule has 2 aliphatic heterocycles. The maximum atomic E-state index is 12.7. The van der Waals surface area contributed by atoms with Crippen LogP contribution in [0.3, 0.4) is 0 Å². The van der Waals surface area contributed by atoms with Crippen molar-refractivity contribution in [2.24, 2.45) is 5.92 Å². The third-order valence-corrected chi connectivity index (χ3v) is 6.36. The Balaban J connectivity index is 1.32. The quantitative estimate of drug-likeness (QED) is 0.899. The first-order chi connectivity index (χ1) is 12.0. The van der Waals surface area contributed by atoms with Crippen molar-refractivity contribution in [3.63, 3.8) is 0 Å². The normalized spacial score (nSPS) is 29.3. The first kappa shape index (κ1) is 16.4. The molecule has 0 unspecified atom stereocenters. The Labute approximate surface area is 148 Å². The zero-order valence-electron chi connectivity index (χ0n) is 15.0. The van der Waals surface area contributed by atoms with Crippen molar-refractivity contribution in [3.8, 4) is 0 Å². The minimum atomic E-state index is -0.347. The first-order valence-corrected chi connectivity index (χ1v) is 9.27. The van der Waals surface area contributed by atoms with Crippen LogP contribution in [0.15, 0.2) is 18.2 Å². The van der Waals surface area contributed by atoms with Crippen LogP contribution >= 0.6 is 0 Å². The molecule has 1 aromatic carbocycles. The van der Waals surface area contributed by atoms with Crippen molar-refractivity contribution < 1.29 is 14.3 Å². The molecule has 3 fully saturated rings. The highest BCUT2D eigenvalue weighted by Gasteiger charge is 2.53. The van der Waals surface area contributed by atoms with Crippen LogP contribution in [0.2, 0.25) is 0 Å². The van der Waals surface area contributed by atoms with Gasteiger partial charge >= 0.3 is 6.09 Å². The van der Waals surface area contributed by atoms with E-state index in [4.69, 9.17) is 4.74 Å². The Hall–Kier alpha value is -2.04. The summed E-state index contributed by atoms with van der Waals surface area (Å²) in [5.41, 5.74) is 3.91. The van der Waals surface area contributed by atoms with Gasteiger partial charge < -0.3 is 15.0 Å². The fourth-order valence-electron chi connectivity index (χ4n) is 4.66. The van der Waals surface area contributed by atoms with Crippen LogP contribution in [0.4, 0.5) is 4.79 Å². The molecule has 2 saturated heterocycles. The van der Waals surface area contributed by atoms with Gasteiger partial charge in [-0.2, -0.15) is 0 Å². The monoisotopic (exact) mass is 342 g/mol. The highest BCUT2D eigenvalue weighted by molar-refractivity contribution is 5.81. The molecule has 2 heterocycles. The lowest BCUT2D eigenvalue weighted by atomic mass is 9.68. The number of cyclic esters (lactones) is 1. The summed E-state index contributed by atoms with van der Waals surface area (Å²) in [6, 6.07) is 6.54. The molecule has 25 heavy (non-hydrogen) atoms. The minimum absolute atomic E-state index is 0.0410. The number of alkyl carbamates (subject to hydrolysis) is 1. The van der Waals surface area contributed by atoms with Crippen molar-refractivity contribution in [3.05, 3.63) is 34.9 Å². The van der Waals surface area contributed by atoms with Gasteiger partial charge in [0.15, 0.2) is 0 Å². The molecular formula is C20H26N2O3. The van der Waals surface area contributed by atoms with E-state index in [1.54, 1.807) is 0 Å². The van der Waals surface area contributed by atoms with Gasteiger partial charge in [-0.15, -0.1) is 0 Å². The SMILES string of the molecule is Cc1cccc(C2CCN(C(=O)[C@H]3C[C@]4(COC(=O)N4)C3)CC2)c1C. The predicted molar refractivity (Wildman–Crippen MR) is 94.4 cm³/mol. The van der Waals surface area contributed by atoms with E-state index in [1.807, 2.05) is 4.90 Å². The maximum Gasteiger partial charge on any atom is 0.407 e. The third kappa shape index (κ3) is 2.90. The van der Waals surface area contributed by atoms with E-state index in [-0.39, 0.29) is 23.5 Å². The second kappa shape index (κ2) is 6.04. The number of piperidine rings is 1. The molecule has 3 aliphatic rings. The highest BCUT2D eigenvalue weighted by Crippen LogP contribution is 2.42. The van der Waals surface area contributed by atoms with Gasteiger partial charge in [-0.3, -0.25) is 4.79 Å². The van der Waals surface area contributed by atoms with Crippen LogP contribution in [0.5, 0.6) is 0 Å². The summed E-state index contributed by atoms with van der Waals surface area (Å²) in [5.74, 6) is 0.852. The van der Waals surface area contributed by atoms with E-state index in [2.05, 4.69) is 37.4 Å². The molecule has 134 valence electrons. The van der Waals surface area contributed by atoms with Gasteiger partial charge in [0.1, 0.15) is 6.61 Å². The zero-order chi connectivity index (χ0) is 17.6. The lowest BCUT2D eigenvalue weighted by molar-refractivity contribution is -0.142. The van der Waals surface area contributed by atoms with Crippen LogP contribution in [-0.2, 0) is 9.53 Å². The number of likely N-dealkylation sites (tertiary alicyclic amines) is 1. The maximum absolute atomic E-state index is 12.7. The summed E-state index contributed by atoms with van der Waals surface area (Å²) < 4.78 is 4.99. The number of aryl methyl sites for hydroxylation is 1. The van der Waals surface area contributed by atoms with Crippen molar-refractivity contribution in [2.75, 3.05) is 19.7 Å². The Morgan fingerprint density at radius 3 is 2.60 bits per heavy atom. The third-order valence-electron chi connectivity index (χ3n) is 6.36. The number of amides is 2. The highest BCUT2D eigenvalue weighted by atomic mass is 16.6. The molecule has 0 radical (unpaired) electrons. The number of hydrogen-bond donors (Lipinski definition) is 1. The van der Waals surface area contributed by atoms with Crippen LogP contribution in [0.25, 0.3) is 0 Å². The van der Waals surface area contributed by atoms with E-state index in [0.29, 0.717) is 25.4 Å². The van der Waals surface area contributed by atoms with Crippen molar-refractivity contribution in [1.82, 2.24) is 10.2 Å². The van der Waals surface area contributed by atoms with E-state index in [1.165, 1.54) is 16.7 Å². The van der Waals surface area contributed by atoms with Crippen LogP contribution in [0.1, 0.15) is 48.3 Å². The number of benzene rings is 1. The largest absolute Gasteiger partial charge is 0.447 e. The second-order valence-electron chi connectivity index (χ2n) is 7.98. The van der Waals surface area contributed by atoms with Gasteiger partial charge in [-0.1, -0.05) is 18.2 Å². The summed E-state index contributed by atoms with van der Waals surface area (Å²) in [6.07, 6.45) is 3.16. The molecule has 1 saturated carbocycles. The minimum Gasteiger partial charge on any atom is -0.447 e. The van der Waals surface area contributed by atoms with Gasteiger partial charge in [0.25, 0.3) is 0 Å². The summed E-state index contributed by atoms with van der Waals surface area (Å²) in [7, 11) is 0. The molecule has 1 spiro atoms.